The lowest BCUT2D eigenvalue weighted by Gasteiger charge is -2.05. The highest BCUT2D eigenvalue weighted by Gasteiger charge is 2.10. The number of aryl methyl sites for hydroxylation is 1. The summed E-state index contributed by atoms with van der Waals surface area (Å²) in [5.41, 5.74) is 1.32. The van der Waals surface area contributed by atoms with Gasteiger partial charge in [0, 0.05) is 24.7 Å². The van der Waals surface area contributed by atoms with Gasteiger partial charge in [0.05, 0.1) is 5.75 Å². The number of ketones is 1. The molecule has 0 aliphatic rings. The Bertz CT molecular complexity index is 652. The van der Waals surface area contributed by atoms with Gasteiger partial charge in [0.15, 0.2) is 10.9 Å². The van der Waals surface area contributed by atoms with Gasteiger partial charge < -0.3 is 9.88 Å². The highest BCUT2D eigenvalue weighted by Crippen LogP contribution is 2.17. The van der Waals surface area contributed by atoms with Crippen LogP contribution in [0.25, 0.3) is 0 Å². The Morgan fingerprint density at radius 2 is 2.00 bits per heavy atom. The molecule has 22 heavy (non-hydrogen) atoms. The molecule has 0 aliphatic heterocycles. The van der Waals surface area contributed by atoms with E-state index >= 15 is 0 Å². The van der Waals surface area contributed by atoms with Crippen molar-refractivity contribution in [1.82, 2.24) is 14.8 Å². The van der Waals surface area contributed by atoms with Gasteiger partial charge in [-0.3, -0.25) is 9.59 Å². The Labute approximate surface area is 133 Å². The fourth-order valence-electron chi connectivity index (χ4n) is 1.81. The molecule has 116 valence electrons. The summed E-state index contributed by atoms with van der Waals surface area (Å²) in [6.07, 6.45) is 2.90. The zero-order valence-corrected chi connectivity index (χ0v) is 13.4. The molecule has 0 radical (unpaired) electrons. The first-order chi connectivity index (χ1) is 10.6. The first-order valence-electron chi connectivity index (χ1n) is 7.00. The van der Waals surface area contributed by atoms with Crippen LogP contribution in [0.1, 0.15) is 30.1 Å². The van der Waals surface area contributed by atoms with E-state index in [0.29, 0.717) is 28.6 Å². The van der Waals surface area contributed by atoms with E-state index in [1.54, 1.807) is 35.2 Å². The Hall–Kier alpha value is -2.15. The maximum absolute atomic E-state index is 12.1. The molecule has 1 aromatic heterocycles. The maximum Gasteiger partial charge on any atom is 0.224 e. The first-order valence-corrected chi connectivity index (χ1v) is 7.98. The van der Waals surface area contributed by atoms with Crippen molar-refractivity contribution in [3.05, 3.63) is 36.2 Å². The molecule has 0 bridgehead atoms. The van der Waals surface area contributed by atoms with Crippen molar-refractivity contribution < 1.29 is 9.59 Å². The molecular formula is C15H18N4O2S. The van der Waals surface area contributed by atoms with Crippen LogP contribution in [0.15, 0.2) is 35.7 Å². The molecule has 1 amide bonds. The van der Waals surface area contributed by atoms with E-state index in [1.807, 2.05) is 14.0 Å². The lowest BCUT2D eigenvalue weighted by Crippen LogP contribution is -2.11. The molecule has 2 rings (SSSR count). The van der Waals surface area contributed by atoms with Crippen LogP contribution in [0.4, 0.5) is 5.69 Å². The number of benzene rings is 1. The summed E-state index contributed by atoms with van der Waals surface area (Å²) in [6, 6.07) is 6.93. The number of nitrogens with one attached hydrogen (secondary N) is 1. The summed E-state index contributed by atoms with van der Waals surface area (Å²) in [5, 5.41) is 11.2. The minimum absolute atomic E-state index is 0.0134. The van der Waals surface area contributed by atoms with E-state index in [1.165, 1.54) is 11.8 Å². The molecule has 1 N–H and O–H groups in total. The number of anilines is 1. The van der Waals surface area contributed by atoms with Gasteiger partial charge in [-0.1, -0.05) is 18.7 Å². The van der Waals surface area contributed by atoms with Crippen LogP contribution < -0.4 is 5.32 Å². The van der Waals surface area contributed by atoms with Gasteiger partial charge >= 0.3 is 0 Å². The van der Waals surface area contributed by atoms with Gasteiger partial charge in [-0.25, -0.2) is 0 Å². The standard InChI is InChI=1S/C15H18N4O2S/c1-3-4-14(21)17-12-7-5-11(6-8-12)13(20)9-22-15-18-16-10-19(15)2/h5-8,10H,3-4,9H2,1-2H3,(H,17,21). The van der Waals surface area contributed by atoms with E-state index < -0.39 is 0 Å². The SMILES string of the molecule is CCCC(=O)Nc1ccc(C(=O)CSc2nncn2C)cc1. The fourth-order valence-corrected chi connectivity index (χ4v) is 2.59. The number of Topliss-reactive ketones (excluding diaryl/α,β-unsaturated/α-hetero) is 1. The minimum Gasteiger partial charge on any atom is -0.326 e. The molecule has 0 spiro atoms. The van der Waals surface area contributed by atoms with Gasteiger partial charge in [0.25, 0.3) is 0 Å². The van der Waals surface area contributed by atoms with Crippen molar-refractivity contribution in [1.29, 1.82) is 0 Å². The zero-order valence-electron chi connectivity index (χ0n) is 12.6. The fraction of sp³-hybridized carbons (Fsp3) is 0.333. The second kappa shape index (κ2) is 7.74. The largest absolute Gasteiger partial charge is 0.326 e. The van der Waals surface area contributed by atoms with Crippen molar-refractivity contribution in [3.8, 4) is 0 Å². The third kappa shape index (κ3) is 4.42. The van der Waals surface area contributed by atoms with Gasteiger partial charge in [0.2, 0.25) is 5.91 Å². The van der Waals surface area contributed by atoms with Crippen molar-refractivity contribution in [2.45, 2.75) is 24.9 Å². The molecule has 2 aromatic rings. The summed E-state index contributed by atoms with van der Waals surface area (Å²) >= 11 is 1.35. The van der Waals surface area contributed by atoms with E-state index in [0.717, 1.165) is 6.42 Å². The number of thioether (sulfide) groups is 1. The summed E-state index contributed by atoms with van der Waals surface area (Å²) in [4.78, 5) is 23.6. The Balaban J connectivity index is 1.90. The third-order valence-electron chi connectivity index (χ3n) is 2.97. The van der Waals surface area contributed by atoms with Gasteiger partial charge in [-0.05, 0) is 30.7 Å². The van der Waals surface area contributed by atoms with Crippen LogP contribution in [0.5, 0.6) is 0 Å². The average Bonchev–Trinajstić information content (AvgIpc) is 2.91. The molecule has 0 atom stereocenters. The molecule has 0 saturated heterocycles. The number of aromatic nitrogens is 3. The van der Waals surface area contributed by atoms with Gasteiger partial charge in [-0.2, -0.15) is 0 Å². The van der Waals surface area contributed by atoms with Gasteiger partial charge in [0.1, 0.15) is 6.33 Å². The predicted molar refractivity (Wildman–Crippen MR) is 86.0 cm³/mol. The van der Waals surface area contributed by atoms with Crippen molar-refractivity contribution in [2.75, 3.05) is 11.1 Å². The van der Waals surface area contributed by atoms with Crippen molar-refractivity contribution in [2.24, 2.45) is 7.05 Å². The van der Waals surface area contributed by atoms with E-state index in [4.69, 9.17) is 0 Å². The molecule has 1 heterocycles. The third-order valence-corrected chi connectivity index (χ3v) is 4.00. The summed E-state index contributed by atoms with van der Waals surface area (Å²) < 4.78 is 1.77. The second-order valence-electron chi connectivity index (χ2n) is 4.81. The molecule has 7 heteroatoms. The number of hydrogen-bond donors (Lipinski definition) is 1. The summed E-state index contributed by atoms with van der Waals surface area (Å²) in [7, 11) is 1.83. The molecular weight excluding hydrogens is 300 g/mol. The molecule has 0 saturated carbocycles. The predicted octanol–water partition coefficient (Wildman–Crippen LogP) is 2.53. The van der Waals surface area contributed by atoms with E-state index in [9.17, 15) is 9.59 Å². The number of hydrogen-bond acceptors (Lipinski definition) is 5. The number of amides is 1. The quantitative estimate of drug-likeness (QED) is 0.627. The van der Waals surface area contributed by atoms with Crippen LogP contribution in [-0.4, -0.2) is 32.2 Å². The topological polar surface area (TPSA) is 76.9 Å². The van der Waals surface area contributed by atoms with Crippen LogP contribution in [0, 0.1) is 0 Å². The molecule has 0 unspecified atom stereocenters. The Morgan fingerprint density at radius 3 is 2.59 bits per heavy atom. The van der Waals surface area contributed by atoms with Crippen LogP contribution in [-0.2, 0) is 11.8 Å². The monoisotopic (exact) mass is 318 g/mol. The lowest BCUT2D eigenvalue weighted by molar-refractivity contribution is -0.116. The molecule has 0 fully saturated rings. The number of carbonyl (C=O) groups is 2. The molecule has 0 aliphatic carbocycles. The first kappa shape index (κ1) is 16.2. The average molecular weight is 318 g/mol. The lowest BCUT2D eigenvalue weighted by atomic mass is 10.1. The molecule has 1 aromatic carbocycles. The highest BCUT2D eigenvalue weighted by atomic mass is 32.2. The maximum atomic E-state index is 12.1. The second-order valence-corrected chi connectivity index (χ2v) is 5.75. The summed E-state index contributed by atoms with van der Waals surface area (Å²) in [5.74, 6) is 0.299. The van der Waals surface area contributed by atoms with Crippen molar-refractivity contribution in [3.63, 3.8) is 0 Å². The smallest absolute Gasteiger partial charge is 0.224 e. The van der Waals surface area contributed by atoms with Crippen LogP contribution in [0.3, 0.4) is 0 Å². The van der Waals surface area contributed by atoms with Crippen LogP contribution in [0.2, 0.25) is 0 Å². The zero-order chi connectivity index (χ0) is 15.9. The normalized spacial score (nSPS) is 10.5. The summed E-state index contributed by atoms with van der Waals surface area (Å²) in [6.45, 7) is 1.95. The van der Waals surface area contributed by atoms with Gasteiger partial charge in [-0.15, -0.1) is 10.2 Å². The van der Waals surface area contributed by atoms with E-state index in [2.05, 4.69) is 15.5 Å². The Morgan fingerprint density at radius 1 is 1.27 bits per heavy atom. The van der Waals surface area contributed by atoms with Crippen molar-refractivity contribution >= 4 is 29.1 Å². The molecule has 6 nitrogen and oxygen atoms in total. The minimum atomic E-state index is -0.0144. The van der Waals surface area contributed by atoms with Crippen LogP contribution >= 0.6 is 11.8 Å². The number of rotatable bonds is 7. The number of nitrogens with zero attached hydrogens (tertiary/aromatic N) is 3. The highest BCUT2D eigenvalue weighted by molar-refractivity contribution is 7.99. The number of carbonyl (C=O) groups excluding carboxylic acids is 2. The van der Waals surface area contributed by atoms with E-state index in [-0.39, 0.29) is 11.7 Å². The Kier molecular flexibility index (Phi) is 5.71.